The summed E-state index contributed by atoms with van der Waals surface area (Å²) >= 11 is 9.54. The number of rotatable bonds is 10. The van der Waals surface area contributed by atoms with Crippen LogP contribution in [0.4, 0.5) is 0 Å². The maximum absolute atomic E-state index is 10.2. The fourth-order valence-electron chi connectivity index (χ4n) is 2.40. The molecule has 0 aliphatic heterocycles. The van der Waals surface area contributed by atoms with Crippen molar-refractivity contribution in [2.45, 2.75) is 70.8 Å². The van der Waals surface area contributed by atoms with Crippen molar-refractivity contribution in [3.63, 3.8) is 0 Å². The highest BCUT2D eigenvalue weighted by Gasteiger charge is 2.11. The summed E-state index contributed by atoms with van der Waals surface area (Å²) in [5, 5.41) is 10.8. The third kappa shape index (κ3) is 7.10. The van der Waals surface area contributed by atoms with Crippen molar-refractivity contribution in [2.75, 3.05) is 0 Å². The topological polar surface area (TPSA) is 20.2 Å². The minimum atomic E-state index is -0.444. The molecule has 114 valence electrons. The SMILES string of the molecule is CCCCCCCCCCC(O)c1cc(Br)ccc1Cl. The van der Waals surface area contributed by atoms with Crippen molar-refractivity contribution in [1.29, 1.82) is 0 Å². The molecule has 0 spiro atoms. The van der Waals surface area contributed by atoms with E-state index in [2.05, 4.69) is 22.9 Å². The van der Waals surface area contributed by atoms with E-state index in [1.807, 2.05) is 18.2 Å². The van der Waals surface area contributed by atoms with Crippen LogP contribution in [-0.4, -0.2) is 5.11 Å². The first-order chi connectivity index (χ1) is 9.65. The Morgan fingerprint density at radius 1 is 1.05 bits per heavy atom. The Labute approximate surface area is 136 Å². The fraction of sp³-hybridized carbons (Fsp3) is 0.647. The maximum Gasteiger partial charge on any atom is 0.0804 e. The van der Waals surface area contributed by atoms with Gasteiger partial charge in [-0.25, -0.2) is 0 Å². The van der Waals surface area contributed by atoms with E-state index >= 15 is 0 Å². The fourth-order valence-corrected chi connectivity index (χ4v) is 3.02. The van der Waals surface area contributed by atoms with Crippen LogP contribution < -0.4 is 0 Å². The van der Waals surface area contributed by atoms with Crippen LogP contribution in [0.15, 0.2) is 22.7 Å². The van der Waals surface area contributed by atoms with Crippen molar-refractivity contribution in [3.05, 3.63) is 33.3 Å². The molecule has 1 N–H and O–H groups in total. The molecule has 1 nitrogen and oxygen atoms in total. The molecule has 0 heterocycles. The summed E-state index contributed by atoms with van der Waals surface area (Å²) in [6.07, 6.45) is 10.6. The van der Waals surface area contributed by atoms with Crippen LogP contribution in [-0.2, 0) is 0 Å². The van der Waals surface area contributed by atoms with E-state index in [1.165, 1.54) is 44.9 Å². The van der Waals surface area contributed by atoms with Crippen LogP contribution in [0.3, 0.4) is 0 Å². The Kier molecular flexibility index (Phi) is 9.58. The zero-order valence-corrected chi connectivity index (χ0v) is 14.7. The van der Waals surface area contributed by atoms with Crippen LogP contribution in [0.5, 0.6) is 0 Å². The number of halogens is 2. The first kappa shape index (κ1) is 18.0. The molecule has 3 heteroatoms. The van der Waals surface area contributed by atoms with Gasteiger partial charge in [0, 0.05) is 15.1 Å². The molecule has 20 heavy (non-hydrogen) atoms. The lowest BCUT2D eigenvalue weighted by atomic mass is 10.0. The Bertz CT molecular complexity index is 381. The summed E-state index contributed by atoms with van der Waals surface area (Å²) in [4.78, 5) is 0. The van der Waals surface area contributed by atoms with Crippen molar-refractivity contribution >= 4 is 27.5 Å². The van der Waals surface area contributed by atoms with Crippen LogP contribution in [0.2, 0.25) is 5.02 Å². The zero-order valence-electron chi connectivity index (χ0n) is 12.4. The van der Waals surface area contributed by atoms with Gasteiger partial charge in [-0.2, -0.15) is 0 Å². The molecule has 0 aliphatic carbocycles. The largest absolute Gasteiger partial charge is 0.388 e. The summed E-state index contributed by atoms with van der Waals surface area (Å²) in [5.74, 6) is 0. The highest BCUT2D eigenvalue weighted by atomic mass is 79.9. The highest BCUT2D eigenvalue weighted by molar-refractivity contribution is 9.10. The number of benzene rings is 1. The van der Waals surface area contributed by atoms with Gasteiger partial charge in [-0.15, -0.1) is 0 Å². The van der Waals surface area contributed by atoms with Crippen molar-refractivity contribution in [2.24, 2.45) is 0 Å². The van der Waals surface area contributed by atoms with Gasteiger partial charge in [0.15, 0.2) is 0 Å². The summed E-state index contributed by atoms with van der Waals surface area (Å²) in [6, 6.07) is 5.64. The zero-order chi connectivity index (χ0) is 14.8. The van der Waals surface area contributed by atoms with Crippen LogP contribution in [0, 0.1) is 0 Å². The molecule has 1 aromatic rings. The summed E-state index contributed by atoms with van der Waals surface area (Å²) in [6.45, 7) is 2.24. The lowest BCUT2D eigenvalue weighted by Gasteiger charge is -2.13. The monoisotopic (exact) mass is 360 g/mol. The summed E-state index contributed by atoms with van der Waals surface area (Å²) < 4.78 is 0.965. The van der Waals surface area contributed by atoms with E-state index in [-0.39, 0.29) is 0 Å². The smallest absolute Gasteiger partial charge is 0.0804 e. The van der Waals surface area contributed by atoms with Gasteiger partial charge in [0.1, 0.15) is 0 Å². The molecule has 0 amide bonds. The minimum Gasteiger partial charge on any atom is -0.388 e. The third-order valence-electron chi connectivity index (χ3n) is 3.65. The van der Waals surface area contributed by atoms with E-state index in [0.717, 1.165) is 22.9 Å². The predicted octanol–water partition coefficient (Wildman–Crippen LogP) is 6.67. The van der Waals surface area contributed by atoms with Gasteiger partial charge >= 0.3 is 0 Å². The molecular weight excluding hydrogens is 336 g/mol. The Morgan fingerprint density at radius 2 is 1.65 bits per heavy atom. The Morgan fingerprint density at radius 3 is 2.30 bits per heavy atom. The molecule has 0 saturated heterocycles. The van der Waals surface area contributed by atoms with Crippen molar-refractivity contribution < 1.29 is 5.11 Å². The summed E-state index contributed by atoms with van der Waals surface area (Å²) in [7, 11) is 0. The molecule has 0 aromatic heterocycles. The van der Waals surface area contributed by atoms with E-state index in [9.17, 15) is 5.11 Å². The number of aliphatic hydroxyl groups is 1. The molecular formula is C17H26BrClO. The molecule has 0 bridgehead atoms. The Balaban J connectivity index is 2.17. The Hall–Kier alpha value is -0.0500. The molecule has 1 aromatic carbocycles. The molecule has 1 unspecified atom stereocenters. The van der Waals surface area contributed by atoms with Gasteiger partial charge in [-0.1, -0.05) is 85.8 Å². The lowest BCUT2D eigenvalue weighted by molar-refractivity contribution is 0.163. The molecule has 1 atom stereocenters. The molecule has 1 rings (SSSR count). The molecule has 0 aliphatic rings. The van der Waals surface area contributed by atoms with Gasteiger partial charge in [0.25, 0.3) is 0 Å². The van der Waals surface area contributed by atoms with Gasteiger partial charge in [0.2, 0.25) is 0 Å². The second-order valence-electron chi connectivity index (χ2n) is 5.45. The third-order valence-corrected chi connectivity index (χ3v) is 4.49. The van der Waals surface area contributed by atoms with Crippen molar-refractivity contribution in [3.8, 4) is 0 Å². The second-order valence-corrected chi connectivity index (χ2v) is 6.77. The molecule has 0 saturated carbocycles. The van der Waals surface area contributed by atoms with E-state index in [4.69, 9.17) is 11.6 Å². The van der Waals surface area contributed by atoms with Crippen LogP contribution in [0.1, 0.15) is 76.4 Å². The molecule has 0 fully saturated rings. The second kappa shape index (κ2) is 10.6. The van der Waals surface area contributed by atoms with E-state index < -0.39 is 6.10 Å². The first-order valence-corrected chi connectivity index (χ1v) is 8.95. The van der Waals surface area contributed by atoms with Gasteiger partial charge in [0.05, 0.1) is 6.10 Å². The van der Waals surface area contributed by atoms with E-state index in [1.54, 1.807) is 0 Å². The standard InChI is InChI=1S/C17H26BrClO/c1-2-3-4-5-6-7-8-9-10-17(20)15-13-14(18)11-12-16(15)19/h11-13,17,20H,2-10H2,1H3. The predicted molar refractivity (Wildman–Crippen MR) is 91.3 cm³/mol. The minimum absolute atomic E-state index is 0.444. The van der Waals surface area contributed by atoms with Gasteiger partial charge < -0.3 is 5.11 Å². The quantitative estimate of drug-likeness (QED) is 0.461. The summed E-state index contributed by atoms with van der Waals surface area (Å²) in [5.41, 5.74) is 0.837. The van der Waals surface area contributed by atoms with Gasteiger partial charge in [-0.3, -0.25) is 0 Å². The first-order valence-electron chi connectivity index (χ1n) is 7.78. The maximum atomic E-state index is 10.2. The normalized spacial score (nSPS) is 12.6. The number of hydrogen-bond acceptors (Lipinski definition) is 1. The number of unbranched alkanes of at least 4 members (excludes halogenated alkanes) is 7. The average molecular weight is 362 g/mol. The van der Waals surface area contributed by atoms with E-state index in [0.29, 0.717) is 5.02 Å². The average Bonchev–Trinajstić information content (AvgIpc) is 2.44. The van der Waals surface area contributed by atoms with Crippen LogP contribution in [0.25, 0.3) is 0 Å². The highest BCUT2D eigenvalue weighted by Crippen LogP contribution is 2.29. The number of hydrogen-bond donors (Lipinski definition) is 1. The van der Waals surface area contributed by atoms with Crippen LogP contribution >= 0.6 is 27.5 Å². The molecule has 0 radical (unpaired) electrons. The van der Waals surface area contributed by atoms with Crippen molar-refractivity contribution in [1.82, 2.24) is 0 Å². The number of aliphatic hydroxyl groups excluding tert-OH is 1. The lowest BCUT2D eigenvalue weighted by Crippen LogP contribution is -1.98. The van der Waals surface area contributed by atoms with Gasteiger partial charge in [-0.05, 0) is 24.6 Å².